The Morgan fingerprint density at radius 3 is 2.93 bits per heavy atom. The lowest BCUT2D eigenvalue weighted by Crippen LogP contribution is -2.13. The molecule has 1 aromatic rings. The highest BCUT2D eigenvalue weighted by molar-refractivity contribution is 5.78. The van der Waals surface area contributed by atoms with E-state index >= 15 is 0 Å². The Bertz CT molecular complexity index is 321. The molecular formula is C10H18N4O. The number of carbonyl (C=O) groups is 1. The van der Waals surface area contributed by atoms with Gasteiger partial charge in [0.1, 0.15) is 6.54 Å². The van der Waals surface area contributed by atoms with Gasteiger partial charge in [-0.05, 0) is 5.92 Å². The van der Waals surface area contributed by atoms with Crippen LogP contribution in [-0.2, 0) is 17.9 Å². The molecule has 0 bridgehead atoms. The molecule has 84 valence electrons. The maximum Gasteiger partial charge on any atom is 0.154 e. The van der Waals surface area contributed by atoms with E-state index in [1.165, 1.54) is 0 Å². The number of carbonyl (C=O) groups excluding carboxylic acids is 1. The van der Waals surface area contributed by atoms with Crippen LogP contribution in [-0.4, -0.2) is 20.8 Å². The van der Waals surface area contributed by atoms with Gasteiger partial charge < -0.3 is 5.73 Å². The standard InChI is InChI=1S/C10H18N4O/c1-3-8(2)4-10(15)7-14-6-9(5-11)12-13-14/h6,8H,3-5,7,11H2,1-2H3. The zero-order valence-electron chi connectivity index (χ0n) is 9.31. The van der Waals surface area contributed by atoms with Crippen molar-refractivity contribution in [2.45, 2.75) is 39.8 Å². The number of Topliss-reactive ketones (excluding diaryl/α,β-unsaturated/α-hetero) is 1. The second-order valence-corrected chi connectivity index (χ2v) is 3.87. The number of nitrogens with zero attached hydrogens (tertiary/aromatic N) is 3. The van der Waals surface area contributed by atoms with Gasteiger partial charge in [0.05, 0.1) is 11.9 Å². The monoisotopic (exact) mass is 210 g/mol. The van der Waals surface area contributed by atoms with Crippen LogP contribution in [0.5, 0.6) is 0 Å². The summed E-state index contributed by atoms with van der Waals surface area (Å²) < 4.78 is 1.55. The first kappa shape index (κ1) is 11.8. The number of rotatable bonds is 6. The topological polar surface area (TPSA) is 73.8 Å². The molecule has 0 aliphatic carbocycles. The minimum absolute atomic E-state index is 0.192. The fourth-order valence-electron chi connectivity index (χ4n) is 1.29. The van der Waals surface area contributed by atoms with Gasteiger partial charge in [0, 0.05) is 13.0 Å². The molecule has 0 aliphatic rings. The van der Waals surface area contributed by atoms with Gasteiger partial charge >= 0.3 is 0 Å². The van der Waals surface area contributed by atoms with E-state index < -0.39 is 0 Å². The van der Waals surface area contributed by atoms with Gasteiger partial charge in [0.25, 0.3) is 0 Å². The predicted molar refractivity (Wildman–Crippen MR) is 57.0 cm³/mol. The predicted octanol–water partition coefficient (Wildman–Crippen LogP) is 0.742. The van der Waals surface area contributed by atoms with Crippen molar-refractivity contribution in [3.05, 3.63) is 11.9 Å². The maximum atomic E-state index is 11.6. The van der Waals surface area contributed by atoms with Crippen LogP contribution in [0.15, 0.2) is 6.20 Å². The van der Waals surface area contributed by atoms with E-state index in [0.717, 1.165) is 6.42 Å². The number of hydrogen-bond acceptors (Lipinski definition) is 4. The Kier molecular flexibility index (Phi) is 4.42. The highest BCUT2D eigenvalue weighted by atomic mass is 16.1. The summed E-state index contributed by atoms with van der Waals surface area (Å²) in [6.45, 7) is 4.82. The van der Waals surface area contributed by atoms with Crippen LogP contribution in [0, 0.1) is 5.92 Å². The normalized spacial score (nSPS) is 12.7. The number of aromatic nitrogens is 3. The number of ketones is 1. The van der Waals surface area contributed by atoms with Crippen LogP contribution < -0.4 is 5.73 Å². The fourth-order valence-corrected chi connectivity index (χ4v) is 1.29. The Morgan fingerprint density at radius 1 is 1.67 bits per heavy atom. The van der Waals surface area contributed by atoms with Crippen LogP contribution in [0.4, 0.5) is 0 Å². The average Bonchev–Trinajstić information content (AvgIpc) is 2.65. The molecule has 1 aromatic heterocycles. The van der Waals surface area contributed by atoms with Crippen molar-refractivity contribution in [1.29, 1.82) is 0 Å². The van der Waals surface area contributed by atoms with Crippen molar-refractivity contribution in [1.82, 2.24) is 15.0 Å². The summed E-state index contributed by atoms with van der Waals surface area (Å²) in [5.41, 5.74) is 6.11. The van der Waals surface area contributed by atoms with Crippen LogP contribution in [0.2, 0.25) is 0 Å². The quantitative estimate of drug-likeness (QED) is 0.751. The molecule has 0 spiro atoms. The molecule has 0 aromatic carbocycles. The van der Waals surface area contributed by atoms with E-state index in [1.54, 1.807) is 10.9 Å². The van der Waals surface area contributed by atoms with Gasteiger partial charge in [0.2, 0.25) is 0 Å². The zero-order valence-corrected chi connectivity index (χ0v) is 9.31. The van der Waals surface area contributed by atoms with Crippen LogP contribution >= 0.6 is 0 Å². The molecule has 0 aliphatic heterocycles. The molecule has 1 heterocycles. The Morgan fingerprint density at radius 2 is 2.40 bits per heavy atom. The molecule has 5 heteroatoms. The van der Waals surface area contributed by atoms with Gasteiger partial charge in [-0.2, -0.15) is 0 Å². The second kappa shape index (κ2) is 5.60. The molecule has 5 nitrogen and oxygen atoms in total. The Balaban J connectivity index is 2.44. The van der Waals surface area contributed by atoms with Crippen LogP contribution in [0.3, 0.4) is 0 Å². The largest absolute Gasteiger partial charge is 0.325 e. The minimum atomic E-state index is 0.192. The van der Waals surface area contributed by atoms with Gasteiger partial charge in [-0.1, -0.05) is 25.5 Å². The smallest absolute Gasteiger partial charge is 0.154 e. The fraction of sp³-hybridized carbons (Fsp3) is 0.700. The van der Waals surface area contributed by atoms with Crippen molar-refractivity contribution in [2.24, 2.45) is 11.7 Å². The lowest BCUT2D eigenvalue weighted by atomic mass is 10.0. The number of nitrogens with two attached hydrogens (primary N) is 1. The van der Waals surface area contributed by atoms with E-state index in [9.17, 15) is 4.79 Å². The third-order valence-corrected chi connectivity index (χ3v) is 2.41. The van der Waals surface area contributed by atoms with Gasteiger partial charge in [0.15, 0.2) is 5.78 Å². The van der Waals surface area contributed by atoms with Crippen molar-refractivity contribution >= 4 is 5.78 Å². The summed E-state index contributed by atoms with van der Waals surface area (Å²) in [6, 6.07) is 0. The molecule has 1 rings (SSSR count). The van der Waals surface area contributed by atoms with E-state index in [2.05, 4.69) is 24.2 Å². The molecule has 0 amide bonds. The summed E-state index contributed by atoms with van der Waals surface area (Å²) in [7, 11) is 0. The first-order valence-electron chi connectivity index (χ1n) is 5.26. The van der Waals surface area contributed by atoms with Crippen molar-refractivity contribution in [3.8, 4) is 0 Å². The molecule has 2 N–H and O–H groups in total. The minimum Gasteiger partial charge on any atom is -0.325 e. The summed E-state index contributed by atoms with van der Waals surface area (Å²) >= 11 is 0. The van der Waals surface area contributed by atoms with Gasteiger partial charge in [-0.3, -0.25) is 4.79 Å². The average molecular weight is 210 g/mol. The summed E-state index contributed by atoms with van der Waals surface area (Å²) in [5, 5.41) is 7.65. The molecular weight excluding hydrogens is 192 g/mol. The van der Waals surface area contributed by atoms with E-state index in [4.69, 9.17) is 5.73 Å². The first-order chi connectivity index (χ1) is 7.15. The molecule has 0 saturated carbocycles. The molecule has 1 unspecified atom stereocenters. The lowest BCUT2D eigenvalue weighted by Gasteiger charge is -2.06. The van der Waals surface area contributed by atoms with Crippen LogP contribution in [0.25, 0.3) is 0 Å². The third-order valence-electron chi connectivity index (χ3n) is 2.41. The van der Waals surface area contributed by atoms with E-state index in [1.807, 2.05) is 0 Å². The van der Waals surface area contributed by atoms with Crippen LogP contribution in [0.1, 0.15) is 32.4 Å². The molecule has 15 heavy (non-hydrogen) atoms. The van der Waals surface area contributed by atoms with Gasteiger partial charge in [-0.15, -0.1) is 5.10 Å². The summed E-state index contributed by atoms with van der Waals surface area (Å²) in [4.78, 5) is 11.6. The molecule has 1 atom stereocenters. The molecule has 0 radical (unpaired) electrons. The zero-order chi connectivity index (χ0) is 11.3. The lowest BCUT2D eigenvalue weighted by molar-refractivity contribution is -0.120. The highest BCUT2D eigenvalue weighted by Gasteiger charge is 2.09. The highest BCUT2D eigenvalue weighted by Crippen LogP contribution is 2.07. The van der Waals surface area contributed by atoms with E-state index in [-0.39, 0.29) is 5.78 Å². The number of hydrogen-bond donors (Lipinski definition) is 1. The molecule has 0 saturated heterocycles. The first-order valence-corrected chi connectivity index (χ1v) is 5.26. The van der Waals surface area contributed by atoms with Crippen molar-refractivity contribution in [2.75, 3.05) is 0 Å². The molecule has 0 fully saturated rings. The second-order valence-electron chi connectivity index (χ2n) is 3.87. The summed E-state index contributed by atoms with van der Waals surface area (Å²) in [6.07, 6.45) is 3.35. The van der Waals surface area contributed by atoms with Gasteiger partial charge in [-0.25, -0.2) is 4.68 Å². The maximum absolute atomic E-state index is 11.6. The Hall–Kier alpha value is -1.23. The third kappa shape index (κ3) is 3.79. The van der Waals surface area contributed by atoms with Crippen molar-refractivity contribution < 1.29 is 4.79 Å². The van der Waals surface area contributed by atoms with Crippen molar-refractivity contribution in [3.63, 3.8) is 0 Å². The summed E-state index contributed by atoms with van der Waals surface area (Å²) in [5.74, 6) is 0.632. The SMILES string of the molecule is CCC(C)CC(=O)Cn1cc(CN)nn1. The Labute approximate surface area is 89.6 Å². The van der Waals surface area contributed by atoms with E-state index in [0.29, 0.717) is 31.1 Å².